The third-order valence-electron chi connectivity index (χ3n) is 3.20. The quantitative estimate of drug-likeness (QED) is 0.807. The van der Waals surface area contributed by atoms with Crippen LogP contribution in [-0.2, 0) is 11.2 Å². The lowest BCUT2D eigenvalue weighted by Gasteiger charge is -2.23. The van der Waals surface area contributed by atoms with Gasteiger partial charge in [-0.3, -0.25) is 0 Å². The predicted octanol–water partition coefficient (Wildman–Crippen LogP) is 2.06. The Morgan fingerprint density at radius 3 is 2.90 bits per heavy atom. The maximum Gasteiger partial charge on any atom is 0.140 e. The molecule has 110 valence electrons. The number of aromatic nitrogens is 2. The number of nitrogens with two attached hydrogens (primary N) is 1. The Kier molecular flexibility index (Phi) is 5.70. The van der Waals surface area contributed by atoms with Crippen molar-refractivity contribution in [2.24, 2.45) is 5.73 Å². The molecule has 2 rings (SSSR count). The van der Waals surface area contributed by atoms with E-state index in [1.807, 2.05) is 0 Å². The molecule has 0 aromatic carbocycles. The van der Waals surface area contributed by atoms with Gasteiger partial charge in [0.1, 0.15) is 17.0 Å². The average Bonchev–Trinajstić information content (AvgIpc) is 2.91. The van der Waals surface area contributed by atoms with Crippen molar-refractivity contribution in [1.82, 2.24) is 9.97 Å². The highest BCUT2D eigenvalue weighted by Gasteiger charge is 2.14. The van der Waals surface area contributed by atoms with E-state index in [9.17, 15) is 0 Å². The topological polar surface area (TPSA) is 64.3 Å². The van der Waals surface area contributed by atoms with Crippen molar-refractivity contribution in [2.75, 3.05) is 38.3 Å². The highest BCUT2D eigenvalue weighted by molar-refractivity contribution is 7.18. The molecule has 0 aliphatic carbocycles. The number of rotatable bonds is 8. The van der Waals surface area contributed by atoms with E-state index in [0.717, 1.165) is 42.0 Å². The number of anilines is 1. The van der Waals surface area contributed by atoms with Gasteiger partial charge < -0.3 is 15.4 Å². The Bertz CT molecular complexity index is 535. The fourth-order valence-electron chi connectivity index (χ4n) is 2.13. The second-order valence-corrected chi connectivity index (χ2v) is 5.72. The molecule has 0 amide bonds. The summed E-state index contributed by atoms with van der Waals surface area (Å²) in [5.74, 6) is 0.997. The van der Waals surface area contributed by atoms with Crippen molar-refractivity contribution >= 4 is 27.4 Å². The normalized spacial score (nSPS) is 11.2. The minimum Gasteiger partial charge on any atom is -0.383 e. The molecule has 0 atom stereocenters. The molecule has 0 radical (unpaired) electrons. The van der Waals surface area contributed by atoms with Gasteiger partial charge in [-0.05, 0) is 25.5 Å². The van der Waals surface area contributed by atoms with E-state index in [4.69, 9.17) is 10.5 Å². The van der Waals surface area contributed by atoms with Crippen LogP contribution in [0.25, 0.3) is 10.2 Å². The van der Waals surface area contributed by atoms with Crippen molar-refractivity contribution < 1.29 is 4.74 Å². The molecule has 0 unspecified atom stereocenters. The van der Waals surface area contributed by atoms with Crippen LogP contribution < -0.4 is 10.6 Å². The summed E-state index contributed by atoms with van der Waals surface area (Å²) in [6.45, 7) is 5.24. The second-order valence-electron chi connectivity index (χ2n) is 4.60. The molecule has 0 fully saturated rings. The van der Waals surface area contributed by atoms with Gasteiger partial charge in [0.15, 0.2) is 0 Å². The minimum absolute atomic E-state index is 0.681. The molecular formula is C14H22N4OS. The molecule has 2 heterocycles. The maximum absolute atomic E-state index is 5.63. The van der Waals surface area contributed by atoms with Crippen LogP contribution in [-0.4, -0.2) is 43.3 Å². The van der Waals surface area contributed by atoms with Crippen molar-refractivity contribution in [3.8, 4) is 0 Å². The molecule has 20 heavy (non-hydrogen) atoms. The van der Waals surface area contributed by atoms with Crippen molar-refractivity contribution in [3.05, 3.63) is 17.3 Å². The zero-order valence-electron chi connectivity index (χ0n) is 12.1. The summed E-state index contributed by atoms with van der Waals surface area (Å²) in [7, 11) is 1.72. The Morgan fingerprint density at radius 1 is 1.35 bits per heavy atom. The molecule has 2 aromatic rings. The smallest absolute Gasteiger partial charge is 0.140 e. The van der Waals surface area contributed by atoms with Crippen LogP contribution in [0.15, 0.2) is 12.4 Å². The summed E-state index contributed by atoms with van der Waals surface area (Å²) in [5.41, 5.74) is 5.63. The summed E-state index contributed by atoms with van der Waals surface area (Å²) in [6.07, 6.45) is 3.62. The predicted molar refractivity (Wildman–Crippen MR) is 84.6 cm³/mol. The van der Waals surface area contributed by atoms with Crippen LogP contribution in [0.5, 0.6) is 0 Å². The van der Waals surface area contributed by atoms with E-state index < -0.39 is 0 Å². The van der Waals surface area contributed by atoms with Crippen LogP contribution in [0, 0.1) is 0 Å². The SMILES string of the molecule is CCc1cc2c(N(CCCN)CCOC)ncnc2s1. The zero-order chi connectivity index (χ0) is 14.4. The van der Waals surface area contributed by atoms with Crippen molar-refractivity contribution in [3.63, 3.8) is 0 Å². The van der Waals surface area contributed by atoms with Gasteiger partial charge in [0.05, 0.1) is 12.0 Å². The average molecular weight is 294 g/mol. The number of thiophene rings is 1. The lowest BCUT2D eigenvalue weighted by Crippen LogP contribution is -2.30. The molecule has 0 saturated carbocycles. The van der Waals surface area contributed by atoms with Gasteiger partial charge in [-0.25, -0.2) is 9.97 Å². The molecule has 2 N–H and O–H groups in total. The minimum atomic E-state index is 0.681. The number of ether oxygens (including phenoxy) is 1. The molecule has 2 aromatic heterocycles. The lowest BCUT2D eigenvalue weighted by molar-refractivity contribution is 0.205. The first-order valence-electron chi connectivity index (χ1n) is 6.97. The van der Waals surface area contributed by atoms with Gasteiger partial charge in [0, 0.05) is 25.1 Å². The van der Waals surface area contributed by atoms with Crippen LogP contribution in [0.1, 0.15) is 18.2 Å². The Labute approximate surface area is 123 Å². The van der Waals surface area contributed by atoms with Crippen LogP contribution in [0.4, 0.5) is 5.82 Å². The van der Waals surface area contributed by atoms with Crippen LogP contribution >= 0.6 is 11.3 Å². The molecule has 6 heteroatoms. The van der Waals surface area contributed by atoms with Gasteiger partial charge in [-0.15, -0.1) is 11.3 Å². The maximum atomic E-state index is 5.63. The number of aryl methyl sites for hydroxylation is 1. The summed E-state index contributed by atoms with van der Waals surface area (Å²) in [6, 6.07) is 2.21. The second kappa shape index (κ2) is 7.52. The molecule has 0 aliphatic rings. The highest BCUT2D eigenvalue weighted by atomic mass is 32.1. The first-order valence-corrected chi connectivity index (χ1v) is 7.79. The third kappa shape index (κ3) is 3.45. The number of methoxy groups -OCH3 is 1. The zero-order valence-corrected chi connectivity index (χ0v) is 12.9. The summed E-state index contributed by atoms with van der Waals surface area (Å²) >= 11 is 1.74. The van der Waals surface area contributed by atoms with Crippen molar-refractivity contribution in [1.29, 1.82) is 0 Å². The number of hydrogen-bond donors (Lipinski definition) is 1. The fourth-order valence-corrected chi connectivity index (χ4v) is 3.06. The van der Waals surface area contributed by atoms with Crippen LogP contribution in [0.3, 0.4) is 0 Å². The molecule has 0 aliphatic heterocycles. The lowest BCUT2D eigenvalue weighted by atomic mass is 10.2. The summed E-state index contributed by atoms with van der Waals surface area (Å²) < 4.78 is 5.20. The monoisotopic (exact) mass is 294 g/mol. The number of nitrogens with zero attached hydrogens (tertiary/aromatic N) is 3. The van der Waals surface area contributed by atoms with E-state index in [2.05, 4.69) is 27.9 Å². The first kappa shape index (κ1) is 15.2. The standard InChI is InChI=1S/C14H22N4OS/c1-3-11-9-12-13(16-10-17-14(12)20-11)18(6-4-5-15)7-8-19-2/h9-10H,3-8,15H2,1-2H3. The fraction of sp³-hybridized carbons (Fsp3) is 0.571. The van der Waals surface area contributed by atoms with Gasteiger partial charge in [-0.1, -0.05) is 6.92 Å². The van der Waals surface area contributed by atoms with Gasteiger partial charge in [-0.2, -0.15) is 0 Å². The molecule has 0 spiro atoms. The Hall–Kier alpha value is -1.24. The highest BCUT2D eigenvalue weighted by Crippen LogP contribution is 2.30. The van der Waals surface area contributed by atoms with Crippen LogP contribution in [0.2, 0.25) is 0 Å². The summed E-state index contributed by atoms with van der Waals surface area (Å²) in [4.78, 5) is 13.5. The molecular weight excluding hydrogens is 272 g/mol. The number of fused-ring (bicyclic) bond motifs is 1. The molecule has 5 nitrogen and oxygen atoms in total. The number of hydrogen-bond acceptors (Lipinski definition) is 6. The Morgan fingerprint density at radius 2 is 2.20 bits per heavy atom. The van der Waals surface area contributed by atoms with Crippen molar-refractivity contribution in [2.45, 2.75) is 19.8 Å². The van der Waals surface area contributed by atoms with E-state index in [-0.39, 0.29) is 0 Å². The molecule has 0 saturated heterocycles. The molecule has 0 bridgehead atoms. The Balaban J connectivity index is 2.32. The van der Waals surface area contributed by atoms with E-state index in [1.165, 1.54) is 4.88 Å². The van der Waals surface area contributed by atoms with E-state index >= 15 is 0 Å². The van der Waals surface area contributed by atoms with Gasteiger partial charge in [0.25, 0.3) is 0 Å². The first-order chi connectivity index (χ1) is 9.80. The van der Waals surface area contributed by atoms with Gasteiger partial charge >= 0.3 is 0 Å². The third-order valence-corrected chi connectivity index (χ3v) is 4.39. The van der Waals surface area contributed by atoms with E-state index in [0.29, 0.717) is 13.2 Å². The van der Waals surface area contributed by atoms with Gasteiger partial charge in [0.2, 0.25) is 0 Å². The van der Waals surface area contributed by atoms with E-state index in [1.54, 1.807) is 24.8 Å². The largest absolute Gasteiger partial charge is 0.383 e. The summed E-state index contributed by atoms with van der Waals surface area (Å²) in [5, 5.41) is 1.14.